The van der Waals surface area contributed by atoms with Gasteiger partial charge in [0.05, 0.1) is 6.54 Å². The molecule has 0 heterocycles. The van der Waals surface area contributed by atoms with E-state index >= 15 is 0 Å². The highest BCUT2D eigenvalue weighted by Gasteiger charge is 2.17. The lowest BCUT2D eigenvalue weighted by atomic mass is 10.2. The topological polar surface area (TPSA) is 92.4 Å². The summed E-state index contributed by atoms with van der Waals surface area (Å²) in [6.07, 6.45) is 4.85. The molecule has 12 heavy (non-hydrogen) atoms. The predicted molar refractivity (Wildman–Crippen MR) is 42.1 cm³/mol. The quantitative estimate of drug-likeness (QED) is 0.449. The van der Waals surface area contributed by atoms with Crippen LogP contribution in [0.25, 0.3) is 0 Å². The molecule has 5 heteroatoms. The van der Waals surface area contributed by atoms with Crippen LogP contribution < -0.4 is 11.1 Å². The second-order valence-electron chi connectivity index (χ2n) is 2.07. The maximum Gasteiger partial charge on any atom is 0.327 e. The number of hydrogen-bond acceptors (Lipinski definition) is 3. The Bertz CT molecular complexity index is 219. The molecule has 0 aliphatic heterocycles. The number of carbonyl (C=O) groups is 2. The van der Waals surface area contributed by atoms with E-state index in [0.717, 1.165) is 0 Å². The third-order valence-electron chi connectivity index (χ3n) is 1.14. The van der Waals surface area contributed by atoms with E-state index in [2.05, 4.69) is 11.2 Å². The normalized spacial score (nSPS) is 11.3. The summed E-state index contributed by atoms with van der Waals surface area (Å²) >= 11 is 0. The standard InChI is InChI=1S/C7H10N2O3/c1-2-3-5(7(11)12)9-6(10)4-8/h1,5H,3-4,8H2,(H,9,10)(H,11,12). The van der Waals surface area contributed by atoms with Crippen LogP contribution in [0.15, 0.2) is 0 Å². The second-order valence-corrected chi connectivity index (χ2v) is 2.07. The predicted octanol–water partition coefficient (Wildman–Crippen LogP) is -1.46. The zero-order valence-electron chi connectivity index (χ0n) is 6.41. The van der Waals surface area contributed by atoms with Crippen LogP contribution in [-0.2, 0) is 9.59 Å². The Hall–Kier alpha value is -1.54. The maximum atomic E-state index is 10.6. The molecular formula is C7H10N2O3. The minimum Gasteiger partial charge on any atom is -0.480 e. The van der Waals surface area contributed by atoms with E-state index in [0.29, 0.717) is 0 Å². The van der Waals surface area contributed by atoms with Crippen molar-refractivity contribution in [3.05, 3.63) is 0 Å². The Kier molecular flexibility index (Phi) is 4.49. The van der Waals surface area contributed by atoms with E-state index in [4.69, 9.17) is 17.3 Å². The van der Waals surface area contributed by atoms with Gasteiger partial charge in [-0.2, -0.15) is 0 Å². The summed E-state index contributed by atoms with van der Waals surface area (Å²) in [5.41, 5.74) is 4.96. The van der Waals surface area contributed by atoms with Crippen molar-refractivity contribution in [1.82, 2.24) is 5.32 Å². The molecule has 1 unspecified atom stereocenters. The van der Waals surface area contributed by atoms with Crippen molar-refractivity contribution in [3.8, 4) is 12.3 Å². The molecule has 0 fully saturated rings. The van der Waals surface area contributed by atoms with Crippen molar-refractivity contribution in [2.75, 3.05) is 6.54 Å². The zero-order chi connectivity index (χ0) is 9.56. The first-order valence-electron chi connectivity index (χ1n) is 3.27. The van der Waals surface area contributed by atoms with E-state index in [9.17, 15) is 9.59 Å². The van der Waals surface area contributed by atoms with Crippen molar-refractivity contribution in [2.24, 2.45) is 5.73 Å². The highest BCUT2D eigenvalue weighted by Crippen LogP contribution is 1.89. The monoisotopic (exact) mass is 170 g/mol. The van der Waals surface area contributed by atoms with Gasteiger partial charge in [0.1, 0.15) is 6.04 Å². The molecular weight excluding hydrogens is 160 g/mol. The third-order valence-corrected chi connectivity index (χ3v) is 1.14. The Labute approximate surface area is 69.9 Å². The lowest BCUT2D eigenvalue weighted by Gasteiger charge is -2.09. The first-order chi connectivity index (χ1) is 5.61. The number of rotatable bonds is 4. The zero-order valence-corrected chi connectivity index (χ0v) is 6.41. The number of nitrogens with one attached hydrogen (secondary N) is 1. The van der Waals surface area contributed by atoms with Crippen molar-refractivity contribution >= 4 is 11.9 Å². The summed E-state index contributed by atoms with van der Waals surface area (Å²) in [5, 5.41) is 10.7. The Morgan fingerprint density at radius 1 is 1.67 bits per heavy atom. The molecule has 0 aromatic carbocycles. The number of amides is 1. The van der Waals surface area contributed by atoms with Crippen LogP contribution in [0.1, 0.15) is 6.42 Å². The van der Waals surface area contributed by atoms with Gasteiger partial charge in [0.25, 0.3) is 0 Å². The van der Waals surface area contributed by atoms with E-state index < -0.39 is 17.9 Å². The van der Waals surface area contributed by atoms with Gasteiger partial charge in [-0.1, -0.05) is 0 Å². The van der Waals surface area contributed by atoms with E-state index in [1.165, 1.54) is 0 Å². The molecule has 0 saturated heterocycles. The highest BCUT2D eigenvalue weighted by atomic mass is 16.4. The van der Waals surface area contributed by atoms with Gasteiger partial charge in [-0.15, -0.1) is 12.3 Å². The van der Waals surface area contributed by atoms with Gasteiger partial charge >= 0.3 is 5.97 Å². The summed E-state index contributed by atoms with van der Waals surface area (Å²) in [7, 11) is 0. The Morgan fingerprint density at radius 2 is 2.25 bits per heavy atom. The molecule has 0 bridgehead atoms. The summed E-state index contributed by atoms with van der Waals surface area (Å²) < 4.78 is 0. The first-order valence-corrected chi connectivity index (χ1v) is 3.27. The second kappa shape index (κ2) is 5.16. The summed E-state index contributed by atoms with van der Waals surface area (Å²) in [6, 6.07) is -1.04. The fourth-order valence-corrected chi connectivity index (χ4v) is 0.571. The van der Waals surface area contributed by atoms with Crippen LogP contribution in [-0.4, -0.2) is 29.6 Å². The number of aliphatic carboxylic acids is 1. The average molecular weight is 170 g/mol. The van der Waals surface area contributed by atoms with Gasteiger partial charge in [0.2, 0.25) is 5.91 Å². The number of hydrogen-bond donors (Lipinski definition) is 3. The molecule has 4 N–H and O–H groups in total. The fourth-order valence-electron chi connectivity index (χ4n) is 0.571. The van der Waals surface area contributed by atoms with Gasteiger partial charge in [0.15, 0.2) is 0 Å². The SMILES string of the molecule is C#CCC(NC(=O)CN)C(=O)O. The number of terminal acetylenes is 1. The van der Waals surface area contributed by atoms with Crippen molar-refractivity contribution < 1.29 is 14.7 Å². The molecule has 5 nitrogen and oxygen atoms in total. The summed E-state index contributed by atoms with van der Waals surface area (Å²) in [6.45, 7) is -0.242. The molecule has 0 radical (unpaired) electrons. The molecule has 0 aromatic heterocycles. The van der Waals surface area contributed by atoms with Crippen LogP contribution >= 0.6 is 0 Å². The van der Waals surface area contributed by atoms with E-state index in [-0.39, 0.29) is 13.0 Å². The van der Waals surface area contributed by atoms with E-state index in [1.807, 2.05) is 0 Å². The molecule has 66 valence electrons. The average Bonchev–Trinajstić information content (AvgIpc) is 2.03. The molecule has 0 spiro atoms. The fraction of sp³-hybridized carbons (Fsp3) is 0.429. The lowest BCUT2D eigenvalue weighted by molar-refractivity contribution is -0.141. The number of carbonyl (C=O) groups excluding carboxylic acids is 1. The van der Waals surface area contributed by atoms with Crippen LogP contribution in [0.4, 0.5) is 0 Å². The minimum atomic E-state index is -1.16. The number of carboxylic acids is 1. The Morgan fingerprint density at radius 3 is 2.58 bits per heavy atom. The molecule has 1 atom stereocenters. The van der Waals surface area contributed by atoms with Crippen LogP contribution in [0.5, 0.6) is 0 Å². The number of nitrogens with two attached hydrogens (primary N) is 1. The minimum absolute atomic E-state index is 0.0406. The molecule has 0 rings (SSSR count). The van der Waals surface area contributed by atoms with Gasteiger partial charge in [-0.3, -0.25) is 4.79 Å². The maximum absolute atomic E-state index is 10.6. The van der Waals surface area contributed by atoms with Gasteiger partial charge < -0.3 is 16.2 Å². The first kappa shape index (κ1) is 10.5. The van der Waals surface area contributed by atoms with Gasteiger partial charge in [-0.05, 0) is 0 Å². The highest BCUT2D eigenvalue weighted by molar-refractivity contribution is 5.84. The van der Waals surface area contributed by atoms with Gasteiger partial charge in [0, 0.05) is 6.42 Å². The largest absolute Gasteiger partial charge is 0.480 e. The molecule has 0 aromatic rings. The summed E-state index contributed by atoms with van der Waals surface area (Å²) in [4.78, 5) is 21.0. The molecule has 0 aliphatic carbocycles. The van der Waals surface area contributed by atoms with Crippen molar-refractivity contribution in [3.63, 3.8) is 0 Å². The van der Waals surface area contributed by atoms with Gasteiger partial charge in [-0.25, -0.2) is 4.79 Å². The van der Waals surface area contributed by atoms with Crippen molar-refractivity contribution in [2.45, 2.75) is 12.5 Å². The molecule has 0 aliphatic rings. The van der Waals surface area contributed by atoms with E-state index in [1.54, 1.807) is 0 Å². The lowest BCUT2D eigenvalue weighted by Crippen LogP contribution is -2.43. The van der Waals surface area contributed by atoms with Crippen LogP contribution in [0, 0.1) is 12.3 Å². The smallest absolute Gasteiger partial charge is 0.327 e. The Balaban J connectivity index is 4.06. The molecule has 0 saturated carbocycles. The van der Waals surface area contributed by atoms with Crippen molar-refractivity contribution in [1.29, 1.82) is 0 Å². The number of carboxylic acid groups (broad SMARTS) is 1. The van der Waals surface area contributed by atoms with Crippen LogP contribution in [0.2, 0.25) is 0 Å². The van der Waals surface area contributed by atoms with Crippen LogP contribution in [0.3, 0.4) is 0 Å². The third kappa shape index (κ3) is 3.58. The summed E-state index contributed by atoms with van der Waals surface area (Å²) in [5.74, 6) is 0.455. The molecule has 1 amide bonds.